The molecule has 0 atom stereocenters. The summed E-state index contributed by atoms with van der Waals surface area (Å²) in [5.74, 6) is 0.750. The van der Waals surface area contributed by atoms with Gasteiger partial charge in [0.15, 0.2) is 0 Å². The van der Waals surface area contributed by atoms with Crippen LogP contribution in [0.15, 0.2) is 52.2 Å². The molecular formula is C19H20N2O4S2. The van der Waals surface area contributed by atoms with E-state index in [9.17, 15) is 13.2 Å². The van der Waals surface area contributed by atoms with Crippen molar-refractivity contribution in [3.8, 4) is 5.75 Å². The quantitative estimate of drug-likeness (QED) is 0.703. The third-order valence-electron chi connectivity index (χ3n) is 4.79. The van der Waals surface area contributed by atoms with Crippen molar-refractivity contribution >= 4 is 37.3 Å². The third-order valence-corrected chi connectivity index (χ3v) is 7.16. The molecule has 0 saturated heterocycles. The Bertz CT molecular complexity index is 1120. The largest absolute Gasteiger partial charge is 0.490 e. The molecule has 6 nitrogen and oxygen atoms in total. The average Bonchev–Trinajstić information content (AvgIpc) is 3.25. The van der Waals surface area contributed by atoms with Crippen molar-refractivity contribution in [3.63, 3.8) is 0 Å². The highest BCUT2D eigenvalue weighted by Gasteiger charge is 2.18. The lowest BCUT2D eigenvalue weighted by atomic mass is 10.3. The van der Waals surface area contributed by atoms with Gasteiger partial charge < -0.3 is 9.30 Å². The van der Waals surface area contributed by atoms with Gasteiger partial charge in [-0.3, -0.25) is 9.52 Å². The molecule has 0 bridgehead atoms. The molecule has 0 aliphatic heterocycles. The number of rotatable bonds is 5. The van der Waals surface area contributed by atoms with Crippen LogP contribution >= 0.6 is 11.3 Å². The van der Waals surface area contributed by atoms with Crippen LogP contribution in [0.1, 0.15) is 25.7 Å². The summed E-state index contributed by atoms with van der Waals surface area (Å²) >= 11 is 1.03. The van der Waals surface area contributed by atoms with E-state index in [0.717, 1.165) is 35.4 Å². The van der Waals surface area contributed by atoms with Crippen molar-refractivity contribution in [2.45, 2.75) is 36.7 Å². The van der Waals surface area contributed by atoms with E-state index in [-0.39, 0.29) is 15.9 Å². The van der Waals surface area contributed by atoms with Gasteiger partial charge in [0.05, 0.1) is 21.2 Å². The highest BCUT2D eigenvalue weighted by molar-refractivity contribution is 7.92. The second-order valence-electron chi connectivity index (χ2n) is 6.71. The fraction of sp³-hybridized carbons (Fsp3) is 0.316. The molecule has 0 radical (unpaired) electrons. The van der Waals surface area contributed by atoms with Crippen molar-refractivity contribution in [1.82, 2.24) is 4.57 Å². The highest BCUT2D eigenvalue weighted by Crippen LogP contribution is 2.26. The van der Waals surface area contributed by atoms with Gasteiger partial charge in [-0.15, -0.1) is 0 Å². The summed E-state index contributed by atoms with van der Waals surface area (Å²) in [5, 5.41) is 0. The molecule has 142 valence electrons. The summed E-state index contributed by atoms with van der Waals surface area (Å²) < 4.78 is 36.0. The number of thiazole rings is 1. The highest BCUT2D eigenvalue weighted by atomic mass is 32.2. The first-order valence-corrected chi connectivity index (χ1v) is 11.1. The zero-order valence-corrected chi connectivity index (χ0v) is 16.5. The number of sulfonamides is 1. The number of aromatic nitrogens is 1. The van der Waals surface area contributed by atoms with Crippen LogP contribution in [0, 0.1) is 0 Å². The number of fused-ring (bicyclic) bond motifs is 1. The van der Waals surface area contributed by atoms with E-state index in [2.05, 4.69) is 4.72 Å². The second kappa shape index (κ2) is 7.01. The monoisotopic (exact) mass is 404 g/mol. The van der Waals surface area contributed by atoms with Crippen molar-refractivity contribution in [2.75, 3.05) is 4.72 Å². The zero-order chi connectivity index (χ0) is 19.0. The van der Waals surface area contributed by atoms with E-state index >= 15 is 0 Å². The molecule has 3 aromatic rings. The van der Waals surface area contributed by atoms with Crippen LogP contribution in [0.25, 0.3) is 10.2 Å². The van der Waals surface area contributed by atoms with Crippen LogP contribution < -0.4 is 14.3 Å². The Hall–Kier alpha value is -2.32. The molecular weight excluding hydrogens is 384 g/mol. The van der Waals surface area contributed by atoms with E-state index < -0.39 is 10.0 Å². The van der Waals surface area contributed by atoms with Gasteiger partial charge in [-0.25, -0.2) is 8.42 Å². The molecule has 0 unspecified atom stereocenters. The molecule has 8 heteroatoms. The van der Waals surface area contributed by atoms with Crippen LogP contribution in [0.2, 0.25) is 0 Å². The normalized spacial score (nSPS) is 15.3. The molecule has 1 fully saturated rings. The van der Waals surface area contributed by atoms with Gasteiger partial charge in [0.1, 0.15) is 5.75 Å². The maximum Gasteiger partial charge on any atom is 0.307 e. The van der Waals surface area contributed by atoms with Crippen molar-refractivity contribution < 1.29 is 13.2 Å². The molecule has 1 aliphatic rings. The Balaban J connectivity index is 1.53. The first-order valence-electron chi connectivity index (χ1n) is 8.81. The van der Waals surface area contributed by atoms with Gasteiger partial charge in [-0.2, -0.15) is 0 Å². The molecule has 2 aromatic carbocycles. The Morgan fingerprint density at radius 2 is 1.81 bits per heavy atom. The maximum atomic E-state index is 12.7. The Kier molecular flexibility index (Phi) is 4.69. The number of aryl methyl sites for hydroxylation is 1. The molecule has 0 amide bonds. The molecule has 1 N–H and O–H groups in total. The predicted molar refractivity (Wildman–Crippen MR) is 107 cm³/mol. The molecule has 1 aliphatic carbocycles. The predicted octanol–water partition coefficient (Wildman–Crippen LogP) is 3.72. The summed E-state index contributed by atoms with van der Waals surface area (Å²) in [6.07, 6.45) is 4.80. The van der Waals surface area contributed by atoms with Crippen LogP contribution in [0.5, 0.6) is 5.75 Å². The van der Waals surface area contributed by atoms with Crippen molar-refractivity contribution in [1.29, 1.82) is 0 Å². The number of ether oxygens (including phenoxy) is 1. The topological polar surface area (TPSA) is 77.4 Å². The molecule has 27 heavy (non-hydrogen) atoms. The van der Waals surface area contributed by atoms with E-state index in [1.165, 1.54) is 29.5 Å². The number of hydrogen-bond acceptors (Lipinski definition) is 5. The summed E-state index contributed by atoms with van der Waals surface area (Å²) in [7, 11) is -2.07. The lowest BCUT2D eigenvalue weighted by Crippen LogP contribution is -2.13. The Morgan fingerprint density at radius 3 is 2.52 bits per heavy atom. The first kappa shape index (κ1) is 18.1. The number of hydrogen-bond donors (Lipinski definition) is 1. The zero-order valence-electron chi connectivity index (χ0n) is 14.8. The third kappa shape index (κ3) is 3.72. The molecule has 1 saturated carbocycles. The van der Waals surface area contributed by atoms with Gasteiger partial charge in [0, 0.05) is 12.7 Å². The second-order valence-corrected chi connectivity index (χ2v) is 9.39. The first-order chi connectivity index (χ1) is 12.9. The van der Waals surface area contributed by atoms with E-state index in [1.807, 2.05) is 0 Å². The van der Waals surface area contributed by atoms with Gasteiger partial charge in [-0.05, 0) is 68.1 Å². The van der Waals surface area contributed by atoms with Gasteiger partial charge in [-0.1, -0.05) is 11.3 Å². The number of nitrogens with one attached hydrogen (secondary N) is 1. The van der Waals surface area contributed by atoms with E-state index in [0.29, 0.717) is 10.4 Å². The van der Waals surface area contributed by atoms with Gasteiger partial charge >= 0.3 is 4.87 Å². The lowest BCUT2D eigenvalue weighted by Gasteiger charge is -2.14. The van der Waals surface area contributed by atoms with E-state index in [4.69, 9.17) is 4.74 Å². The summed E-state index contributed by atoms with van der Waals surface area (Å²) in [6.45, 7) is 0. The minimum absolute atomic E-state index is 0.120. The summed E-state index contributed by atoms with van der Waals surface area (Å²) in [6, 6.07) is 11.6. The van der Waals surface area contributed by atoms with Crippen LogP contribution in [0.3, 0.4) is 0 Å². The SMILES string of the molecule is Cn1c(=O)sc2cc(S(=O)(=O)Nc3ccc(OC4CCCC4)cc3)ccc21. The van der Waals surface area contributed by atoms with Gasteiger partial charge in [0.25, 0.3) is 10.0 Å². The van der Waals surface area contributed by atoms with E-state index in [1.54, 1.807) is 37.4 Å². The molecule has 4 rings (SSSR count). The summed E-state index contributed by atoms with van der Waals surface area (Å²) in [4.78, 5) is 11.8. The van der Waals surface area contributed by atoms with Gasteiger partial charge in [0.2, 0.25) is 0 Å². The van der Waals surface area contributed by atoms with Crippen LogP contribution in [0.4, 0.5) is 5.69 Å². The van der Waals surface area contributed by atoms with Crippen LogP contribution in [-0.4, -0.2) is 19.1 Å². The molecule has 0 spiro atoms. The molecule has 1 aromatic heterocycles. The van der Waals surface area contributed by atoms with Crippen molar-refractivity contribution in [2.24, 2.45) is 7.05 Å². The Morgan fingerprint density at radius 1 is 1.11 bits per heavy atom. The standard InChI is InChI=1S/C19H20N2O4S2/c1-21-17-11-10-16(12-18(17)26-19(21)22)27(23,24)20-13-6-8-15(9-7-13)25-14-4-2-3-5-14/h6-12,14,20H,2-5H2,1H3. The minimum Gasteiger partial charge on any atom is -0.490 e. The average molecular weight is 405 g/mol. The maximum absolute atomic E-state index is 12.7. The lowest BCUT2D eigenvalue weighted by molar-refractivity contribution is 0.210. The van der Waals surface area contributed by atoms with Crippen molar-refractivity contribution in [3.05, 3.63) is 52.1 Å². The smallest absolute Gasteiger partial charge is 0.307 e. The Labute approximate surface area is 161 Å². The fourth-order valence-corrected chi connectivity index (χ4v) is 5.37. The molecule has 1 heterocycles. The van der Waals surface area contributed by atoms with Crippen LogP contribution in [-0.2, 0) is 17.1 Å². The number of benzene rings is 2. The minimum atomic E-state index is -3.74. The fourth-order valence-electron chi connectivity index (χ4n) is 3.30. The number of nitrogens with zero attached hydrogens (tertiary/aromatic N) is 1. The number of anilines is 1. The summed E-state index contributed by atoms with van der Waals surface area (Å²) in [5.41, 5.74) is 1.19.